The zero-order valence-electron chi connectivity index (χ0n) is 19.3. The number of thioether (sulfide) groups is 1. The topological polar surface area (TPSA) is 92.7 Å². The maximum absolute atomic E-state index is 12.3. The number of nitroso groups, excluding NO2 is 1. The first kappa shape index (κ1) is 28.5. The van der Waals surface area contributed by atoms with Crippen LogP contribution in [0.5, 0.6) is 0 Å². The van der Waals surface area contributed by atoms with Gasteiger partial charge in [-0.15, -0.1) is 16.2 Å². The van der Waals surface area contributed by atoms with Crippen molar-refractivity contribution >= 4 is 39.0 Å². The average molecular weight is 499 g/mol. The van der Waals surface area contributed by atoms with E-state index in [1.54, 1.807) is 11.4 Å². The summed E-state index contributed by atoms with van der Waals surface area (Å²) in [7, 11) is -3.85. The first-order valence-corrected chi connectivity index (χ1v) is 14.2. The molecule has 9 heteroatoms. The van der Waals surface area contributed by atoms with E-state index in [1.807, 2.05) is 0 Å². The van der Waals surface area contributed by atoms with Gasteiger partial charge in [0.2, 0.25) is 0 Å². The first-order chi connectivity index (χ1) is 15.2. The second kappa shape index (κ2) is 15.3. The highest BCUT2D eigenvalue weighted by Gasteiger charge is 2.26. The van der Waals surface area contributed by atoms with Gasteiger partial charge < -0.3 is 0 Å². The van der Waals surface area contributed by atoms with Gasteiger partial charge in [0.25, 0.3) is 10.0 Å². The summed E-state index contributed by atoms with van der Waals surface area (Å²) in [6.07, 6.45) is 11.9. The van der Waals surface area contributed by atoms with E-state index in [0.29, 0.717) is 5.75 Å². The van der Waals surface area contributed by atoms with Crippen molar-refractivity contribution in [3.05, 3.63) is 57.4 Å². The average Bonchev–Trinajstić information content (AvgIpc) is 3.31. The van der Waals surface area contributed by atoms with Gasteiger partial charge in [-0.05, 0) is 64.3 Å². The normalized spacial score (nSPS) is 14.4. The van der Waals surface area contributed by atoms with Gasteiger partial charge in [0.05, 0.1) is 0 Å². The van der Waals surface area contributed by atoms with Gasteiger partial charge in [0, 0.05) is 16.7 Å². The molecule has 0 saturated carbocycles. The van der Waals surface area contributed by atoms with Gasteiger partial charge in [0.1, 0.15) is 10.3 Å². The van der Waals surface area contributed by atoms with Gasteiger partial charge in [-0.2, -0.15) is 16.5 Å². The Morgan fingerprint density at radius 3 is 2.31 bits per heavy atom. The molecule has 0 fully saturated rings. The second-order valence-corrected chi connectivity index (χ2v) is 11.6. The van der Waals surface area contributed by atoms with E-state index >= 15 is 0 Å². The van der Waals surface area contributed by atoms with Gasteiger partial charge in [-0.1, -0.05) is 47.9 Å². The molecule has 0 aliphatic carbocycles. The molecular weight excluding hydrogens is 464 g/mol. The van der Waals surface area contributed by atoms with Crippen LogP contribution < -0.4 is 4.72 Å². The van der Waals surface area contributed by atoms with Crippen LogP contribution in [0, 0.1) is 4.91 Å². The Hall–Kier alpha value is -1.55. The highest BCUT2D eigenvalue weighted by atomic mass is 32.2. The third kappa shape index (κ3) is 11.4. The van der Waals surface area contributed by atoms with Crippen molar-refractivity contribution in [2.75, 3.05) is 11.5 Å². The number of hydrogen-bond donors (Lipinski definition) is 1. The molecule has 6 nitrogen and oxygen atoms in total. The molecule has 0 radical (unpaired) electrons. The van der Waals surface area contributed by atoms with Crippen molar-refractivity contribution in [3.63, 3.8) is 0 Å². The molecule has 0 saturated heterocycles. The summed E-state index contributed by atoms with van der Waals surface area (Å²) in [6, 6.07) is 1.88. The lowest BCUT2D eigenvalue weighted by molar-refractivity contribution is -0.119. The lowest BCUT2D eigenvalue weighted by atomic mass is 10.1. The van der Waals surface area contributed by atoms with Crippen LogP contribution >= 0.6 is 23.1 Å². The number of allylic oxidation sites excluding steroid dienone is 5. The zero-order chi connectivity index (χ0) is 24.0. The highest BCUT2D eigenvalue weighted by Crippen LogP contribution is 2.18. The summed E-state index contributed by atoms with van der Waals surface area (Å²) in [6.45, 7) is 8.56. The summed E-state index contributed by atoms with van der Waals surface area (Å²) in [5.41, 5.74) is 4.06. The molecule has 1 aromatic heterocycles. The van der Waals surface area contributed by atoms with Crippen LogP contribution in [0.3, 0.4) is 0 Å². The van der Waals surface area contributed by atoms with E-state index < -0.39 is 22.0 Å². The summed E-state index contributed by atoms with van der Waals surface area (Å²) in [4.78, 5) is 22.5. The van der Waals surface area contributed by atoms with E-state index in [1.165, 1.54) is 34.5 Å². The van der Waals surface area contributed by atoms with Crippen molar-refractivity contribution in [1.82, 2.24) is 4.72 Å². The molecule has 1 N–H and O–H groups in total. The molecule has 0 unspecified atom stereocenters. The van der Waals surface area contributed by atoms with Crippen LogP contribution in [0.25, 0.3) is 0 Å². The van der Waals surface area contributed by atoms with E-state index in [4.69, 9.17) is 0 Å². The molecule has 1 amide bonds. The van der Waals surface area contributed by atoms with Gasteiger partial charge >= 0.3 is 5.91 Å². The Morgan fingerprint density at radius 1 is 1.12 bits per heavy atom. The Balaban J connectivity index is 2.45. The Labute approximate surface area is 200 Å². The number of carbonyl (C=O) groups is 1. The molecule has 1 aromatic rings. The summed E-state index contributed by atoms with van der Waals surface area (Å²) < 4.78 is 27.0. The molecule has 1 rings (SSSR count). The van der Waals surface area contributed by atoms with Gasteiger partial charge in [0.15, 0.2) is 0 Å². The minimum absolute atomic E-state index is 0.0989. The number of hydrogen-bond acceptors (Lipinski definition) is 6. The lowest BCUT2D eigenvalue weighted by Gasteiger charge is -2.13. The fourth-order valence-corrected chi connectivity index (χ4v) is 6.01. The van der Waals surface area contributed by atoms with Crippen molar-refractivity contribution in [1.29, 1.82) is 0 Å². The molecule has 1 heterocycles. The van der Waals surface area contributed by atoms with Crippen molar-refractivity contribution in [2.45, 2.75) is 70.1 Å². The van der Waals surface area contributed by atoms with E-state index in [0.717, 1.165) is 43.4 Å². The summed E-state index contributed by atoms with van der Waals surface area (Å²) in [5, 5.41) is 4.04. The number of sulfonamides is 1. The standard InChI is InChI=1S/C23H34N2O4S3/c1-5-18(2)9-6-10-19(3)11-7-12-20(4)14-16-30-17-21(23(26)24-27)25-32(28,29)22-13-8-15-31-22/h8-9,11,13-15,21,25H,5-7,10,12,16-17H2,1-4H3/b18-9+,19-11+,20-14+/t21-/m0/s1. The van der Waals surface area contributed by atoms with Crippen molar-refractivity contribution < 1.29 is 13.2 Å². The molecule has 178 valence electrons. The molecule has 32 heavy (non-hydrogen) atoms. The highest BCUT2D eigenvalue weighted by molar-refractivity contribution is 7.99. The predicted molar refractivity (Wildman–Crippen MR) is 137 cm³/mol. The van der Waals surface area contributed by atoms with E-state index in [-0.39, 0.29) is 9.96 Å². The van der Waals surface area contributed by atoms with Crippen LogP contribution in [-0.4, -0.2) is 31.9 Å². The number of amides is 1. The SMILES string of the molecule is CC/C(C)=C/CC/C(C)=C/CC/C(C)=C/CSC[C@H](NS(=O)(=O)c1cccs1)C(=O)N=O. The number of thiophene rings is 1. The van der Waals surface area contributed by atoms with E-state index in [9.17, 15) is 18.1 Å². The van der Waals surface area contributed by atoms with E-state index in [2.05, 4.69) is 55.8 Å². The third-order valence-electron chi connectivity index (χ3n) is 4.90. The second-order valence-electron chi connectivity index (χ2n) is 7.66. The van der Waals surface area contributed by atoms with Crippen molar-refractivity contribution in [3.8, 4) is 0 Å². The minimum atomic E-state index is -3.85. The maximum atomic E-state index is 12.3. The van der Waals surface area contributed by atoms with Crippen LogP contribution in [0.2, 0.25) is 0 Å². The fraction of sp³-hybridized carbons (Fsp3) is 0.522. The third-order valence-corrected chi connectivity index (χ3v) is 8.74. The molecular formula is C23H34N2O4S3. The minimum Gasteiger partial charge on any atom is -0.267 e. The maximum Gasteiger partial charge on any atom is 0.304 e. The first-order valence-electron chi connectivity index (χ1n) is 10.7. The van der Waals surface area contributed by atoms with Crippen LogP contribution in [0.4, 0.5) is 0 Å². The number of nitrogens with one attached hydrogen (secondary N) is 1. The largest absolute Gasteiger partial charge is 0.304 e. The quantitative estimate of drug-likeness (QED) is 0.176. The molecule has 0 aromatic carbocycles. The molecule has 1 atom stereocenters. The van der Waals surface area contributed by atoms with Crippen LogP contribution in [0.15, 0.2) is 61.8 Å². The summed E-state index contributed by atoms with van der Waals surface area (Å²) >= 11 is 2.43. The molecule has 0 aliphatic heterocycles. The van der Waals surface area contributed by atoms with Crippen molar-refractivity contribution in [2.24, 2.45) is 5.18 Å². The van der Waals surface area contributed by atoms with Gasteiger partial charge in [-0.25, -0.2) is 8.42 Å². The lowest BCUT2D eigenvalue weighted by Crippen LogP contribution is -2.41. The number of carbonyl (C=O) groups excluding carboxylic acids is 1. The van der Waals surface area contributed by atoms with Gasteiger partial charge in [-0.3, -0.25) is 4.79 Å². The van der Waals surface area contributed by atoms with Crippen LogP contribution in [0.1, 0.15) is 59.8 Å². The predicted octanol–water partition coefficient (Wildman–Crippen LogP) is 6.23. The smallest absolute Gasteiger partial charge is 0.267 e. The summed E-state index contributed by atoms with van der Waals surface area (Å²) in [5.74, 6) is -0.246. The monoisotopic (exact) mass is 498 g/mol. The Kier molecular flexibility index (Phi) is 13.6. The van der Waals surface area contributed by atoms with Crippen LogP contribution in [-0.2, 0) is 14.8 Å². The molecule has 0 bridgehead atoms. The Morgan fingerprint density at radius 2 is 1.75 bits per heavy atom. The Bertz CT molecular complexity index is 917. The fourth-order valence-electron chi connectivity index (χ4n) is 2.71. The number of nitrogens with zero attached hydrogens (tertiary/aromatic N) is 1. The number of rotatable bonds is 15. The molecule has 0 spiro atoms. The molecule has 0 aliphatic rings. The zero-order valence-corrected chi connectivity index (χ0v) is 21.7.